The Bertz CT molecular complexity index is 808. The molecule has 0 aromatic heterocycles. The first-order valence-electron chi connectivity index (χ1n) is 9.82. The SMILES string of the molecule is C=C1C(=O)O[C@@H]2[C@H]3C(C)=CC[C@@H]3[C@](C)(CO)[C@@H](OC(=O)/C(=C/C)COC(C)=O)[C@H]12. The Morgan fingerprint density at radius 2 is 2.10 bits per heavy atom. The van der Waals surface area contributed by atoms with Crippen molar-refractivity contribution in [2.24, 2.45) is 23.2 Å². The number of fused-ring (bicyclic) bond motifs is 3. The fraction of sp³-hybridized carbons (Fsp3) is 0.591. The minimum atomic E-state index is -0.795. The lowest BCUT2D eigenvalue weighted by Crippen LogP contribution is -2.59. The Kier molecular flexibility index (Phi) is 5.72. The van der Waals surface area contributed by atoms with Crippen LogP contribution in [0.1, 0.15) is 34.1 Å². The van der Waals surface area contributed by atoms with Gasteiger partial charge in [0.05, 0.1) is 18.1 Å². The summed E-state index contributed by atoms with van der Waals surface area (Å²) in [6.07, 6.45) is 3.06. The molecule has 0 unspecified atom stereocenters. The fourth-order valence-corrected chi connectivity index (χ4v) is 5.01. The standard InChI is InChI=1S/C22H28O7/c1-6-14(9-27-13(4)24)21(26)29-19-17-12(3)20(25)28-18(17)16-11(2)7-8-15(16)22(19,5)10-23/h6-7,15-19,23H,3,8-10H2,1-2,4-5H3/b14-6+/t15-,16-,17+,18+,19-,22-/m0/s1. The Balaban J connectivity index is 1.95. The van der Waals surface area contributed by atoms with E-state index in [2.05, 4.69) is 12.7 Å². The summed E-state index contributed by atoms with van der Waals surface area (Å²) in [6, 6.07) is 0. The minimum absolute atomic E-state index is 0.0345. The van der Waals surface area contributed by atoms with E-state index in [4.69, 9.17) is 14.2 Å². The number of hydrogen-bond acceptors (Lipinski definition) is 7. The molecule has 0 bridgehead atoms. The van der Waals surface area contributed by atoms with Crippen LogP contribution in [0.4, 0.5) is 0 Å². The van der Waals surface area contributed by atoms with Crippen molar-refractivity contribution in [3.8, 4) is 0 Å². The van der Waals surface area contributed by atoms with Gasteiger partial charge in [0.2, 0.25) is 0 Å². The first-order valence-corrected chi connectivity index (χ1v) is 9.82. The molecular formula is C22H28O7. The number of esters is 3. The summed E-state index contributed by atoms with van der Waals surface area (Å²) < 4.78 is 16.5. The molecule has 1 heterocycles. The van der Waals surface area contributed by atoms with Crippen molar-refractivity contribution in [3.05, 3.63) is 35.5 Å². The van der Waals surface area contributed by atoms with E-state index < -0.39 is 41.4 Å². The molecule has 0 amide bonds. The molecule has 0 aromatic rings. The maximum Gasteiger partial charge on any atom is 0.337 e. The molecule has 2 aliphatic carbocycles. The Hall–Kier alpha value is -2.41. The second-order valence-electron chi connectivity index (χ2n) is 8.32. The molecule has 1 saturated carbocycles. The molecule has 0 spiro atoms. The normalized spacial score (nSPS) is 36.1. The molecule has 1 saturated heterocycles. The van der Waals surface area contributed by atoms with E-state index in [1.54, 1.807) is 6.92 Å². The highest BCUT2D eigenvalue weighted by Crippen LogP contribution is 2.58. The zero-order valence-electron chi connectivity index (χ0n) is 17.3. The highest BCUT2D eigenvalue weighted by molar-refractivity contribution is 5.92. The number of aliphatic hydroxyl groups excluding tert-OH is 1. The fourth-order valence-electron chi connectivity index (χ4n) is 5.01. The smallest absolute Gasteiger partial charge is 0.337 e. The largest absolute Gasteiger partial charge is 0.461 e. The summed E-state index contributed by atoms with van der Waals surface area (Å²) in [4.78, 5) is 36.3. The van der Waals surface area contributed by atoms with Gasteiger partial charge in [-0.3, -0.25) is 4.79 Å². The number of aliphatic hydroxyl groups is 1. The lowest BCUT2D eigenvalue weighted by atomic mass is 9.56. The second kappa shape index (κ2) is 7.78. The number of carbonyl (C=O) groups is 3. The van der Waals surface area contributed by atoms with Gasteiger partial charge in [-0.25, -0.2) is 9.59 Å². The van der Waals surface area contributed by atoms with E-state index in [0.29, 0.717) is 6.42 Å². The van der Waals surface area contributed by atoms with Crippen LogP contribution in [-0.2, 0) is 28.6 Å². The van der Waals surface area contributed by atoms with Crippen molar-refractivity contribution < 1.29 is 33.7 Å². The average Bonchev–Trinajstić information content (AvgIpc) is 3.19. The van der Waals surface area contributed by atoms with Gasteiger partial charge in [-0.2, -0.15) is 0 Å². The summed E-state index contributed by atoms with van der Waals surface area (Å²) in [5.41, 5.74) is 0.775. The third-order valence-corrected chi connectivity index (χ3v) is 6.71. The first-order chi connectivity index (χ1) is 13.7. The van der Waals surface area contributed by atoms with E-state index >= 15 is 0 Å². The van der Waals surface area contributed by atoms with Gasteiger partial charge in [-0.15, -0.1) is 0 Å². The van der Waals surface area contributed by atoms with Crippen molar-refractivity contribution in [2.75, 3.05) is 13.2 Å². The quantitative estimate of drug-likeness (QED) is 0.324. The third-order valence-electron chi connectivity index (χ3n) is 6.71. The van der Waals surface area contributed by atoms with Crippen molar-refractivity contribution in [2.45, 2.75) is 46.3 Å². The molecule has 0 aromatic carbocycles. The van der Waals surface area contributed by atoms with Crippen LogP contribution in [0.5, 0.6) is 0 Å². The van der Waals surface area contributed by atoms with Crippen LogP contribution in [0, 0.1) is 23.2 Å². The molecule has 1 aliphatic heterocycles. The van der Waals surface area contributed by atoms with Gasteiger partial charge < -0.3 is 19.3 Å². The first kappa shape index (κ1) is 21.3. The van der Waals surface area contributed by atoms with Crippen LogP contribution < -0.4 is 0 Å². The summed E-state index contributed by atoms with van der Waals surface area (Å²) in [6.45, 7) is 10.3. The maximum absolute atomic E-state index is 12.9. The Morgan fingerprint density at radius 1 is 1.41 bits per heavy atom. The number of carbonyl (C=O) groups excluding carboxylic acids is 3. The zero-order valence-corrected chi connectivity index (χ0v) is 17.3. The number of allylic oxidation sites excluding steroid dienone is 2. The highest BCUT2D eigenvalue weighted by Gasteiger charge is 2.64. The molecule has 2 fully saturated rings. The van der Waals surface area contributed by atoms with Crippen LogP contribution in [0.15, 0.2) is 35.5 Å². The van der Waals surface area contributed by atoms with Gasteiger partial charge >= 0.3 is 17.9 Å². The second-order valence-corrected chi connectivity index (χ2v) is 8.32. The molecule has 1 N–H and O–H groups in total. The minimum Gasteiger partial charge on any atom is -0.461 e. The summed E-state index contributed by atoms with van der Waals surface area (Å²) in [7, 11) is 0. The van der Waals surface area contributed by atoms with E-state index in [0.717, 1.165) is 5.57 Å². The van der Waals surface area contributed by atoms with Gasteiger partial charge in [0.1, 0.15) is 18.8 Å². The number of hydrogen-bond donors (Lipinski definition) is 1. The topological polar surface area (TPSA) is 99.1 Å². The molecule has 6 atom stereocenters. The van der Waals surface area contributed by atoms with Crippen LogP contribution in [-0.4, -0.2) is 48.4 Å². The van der Waals surface area contributed by atoms with E-state index in [-0.39, 0.29) is 36.2 Å². The molecular weight excluding hydrogens is 376 g/mol. The monoisotopic (exact) mass is 404 g/mol. The molecule has 7 heteroatoms. The Labute approximate surface area is 170 Å². The van der Waals surface area contributed by atoms with Crippen LogP contribution >= 0.6 is 0 Å². The maximum atomic E-state index is 12.9. The van der Waals surface area contributed by atoms with Gasteiger partial charge in [0, 0.05) is 23.8 Å². The molecule has 29 heavy (non-hydrogen) atoms. The van der Waals surface area contributed by atoms with Crippen molar-refractivity contribution >= 4 is 17.9 Å². The van der Waals surface area contributed by atoms with Crippen molar-refractivity contribution in [3.63, 3.8) is 0 Å². The predicted molar refractivity (Wildman–Crippen MR) is 103 cm³/mol. The Morgan fingerprint density at radius 3 is 2.69 bits per heavy atom. The molecule has 7 nitrogen and oxygen atoms in total. The predicted octanol–water partition coefficient (Wildman–Crippen LogP) is 2.10. The lowest BCUT2D eigenvalue weighted by molar-refractivity contribution is -0.185. The van der Waals surface area contributed by atoms with Gasteiger partial charge in [-0.1, -0.05) is 31.2 Å². The van der Waals surface area contributed by atoms with Gasteiger partial charge in [0.25, 0.3) is 0 Å². The van der Waals surface area contributed by atoms with E-state index in [1.165, 1.54) is 13.0 Å². The molecule has 3 aliphatic rings. The molecule has 3 rings (SSSR count). The summed E-state index contributed by atoms with van der Waals surface area (Å²) in [5.74, 6) is -2.27. The lowest BCUT2D eigenvalue weighted by Gasteiger charge is -2.52. The highest BCUT2D eigenvalue weighted by atomic mass is 16.6. The summed E-state index contributed by atoms with van der Waals surface area (Å²) >= 11 is 0. The zero-order chi connectivity index (χ0) is 21.5. The third kappa shape index (κ3) is 3.41. The van der Waals surface area contributed by atoms with Crippen molar-refractivity contribution in [1.29, 1.82) is 0 Å². The van der Waals surface area contributed by atoms with Crippen LogP contribution in [0.25, 0.3) is 0 Å². The molecule has 0 radical (unpaired) electrons. The van der Waals surface area contributed by atoms with E-state index in [9.17, 15) is 19.5 Å². The van der Waals surface area contributed by atoms with Crippen LogP contribution in [0.3, 0.4) is 0 Å². The van der Waals surface area contributed by atoms with Crippen molar-refractivity contribution in [1.82, 2.24) is 0 Å². The average molecular weight is 404 g/mol. The van der Waals surface area contributed by atoms with Gasteiger partial charge in [-0.05, 0) is 26.2 Å². The number of rotatable bonds is 5. The number of ether oxygens (including phenoxy) is 3. The molecule has 158 valence electrons. The van der Waals surface area contributed by atoms with Gasteiger partial charge in [0.15, 0.2) is 0 Å². The van der Waals surface area contributed by atoms with E-state index in [1.807, 2.05) is 13.8 Å². The van der Waals surface area contributed by atoms with Crippen LogP contribution in [0.2, 0.25) is 0 Å². The summed E-state index contributed by atoms with van der Waals surface area (Å²) in [5, 5.41) is 10.4.